The lowest BCUT2D eigenvalue weighted by Crippen LogP contribution is -2.14. The Morgan fingerprint density at radius 3 is 2.33 bits per heavy atom. The smallest absolute Gasteiger partial charge is 0.0524 e. The first-order chi connectivity index (χ1) is 4.39. The zero-order chi connectivity index (χ0) is 7.11. The van der Waals surface area contributed by atoms with Crippen molar-refractivity contribution >= 4 is 6.21 Å². The molecular formula is C7H14N2. The summed E-state index contributed by atoms with van der Waals surface area (Å²) in [5.41, 5.74) is 0. The van der Waals surface area contributed by atoms with Crippen molar-refractivity contribution in [3.8, 4) is 0 Å². The van der Waals surface area contributed by atoms with E-state index in [1.807, 2.05) is 33.3 Å². The Hall–Kier alpha value is -0.790. The Bertz CT molecular complexity index is 105. The highest BCUT2D eigenvalue weighted by Gasteiger charge is 1.87. The normalized spacial score (nSPS) is 14.8. The quantitative estimate of drug-likeness (QED) is 0.480. The molecule has 2 heteroatoms. The molecular weight excluding hydrogens is 112 g/mol. The standard InChI is InChI=1S/C5H8N2.C2H6/c1-7-4-2-6-3-5-7;1-2/h2-4H,5H2,1H3;1-2H3. The van der Waals surface area contributed by atoms with Crippen molar-refractivity contribution in [2.24, 2.45) is 4.99 Å². The van der Waals surface area contributed by atoms with Crippen molar-refractivity contribution in [1.82, 2.24) is 4.90 Å². The van der Waals surface area contributed by atoms with Crippen molar-refractivity contribution in [3.05, 3.63) is 12.4 Å². The van der Waals surface area contributed by atoms with Gasteiger partial charge in [0, 0.05) is 25.7 Å². The molecule has 0 bridgehead atoms. The van der Waals surface area contributed by atoms with Crippen LogP contribution in [0.1, 0.15) is 13.8 Å². The van der Waals surface area contributed by atoms with Crippen molar-refractivity contribution < 1.29 is 0 Å². The lowest BCUT2D eigenvalue weighted by molar-refractivity contribution is 0.522. The summed E-state index contributed by atoms with van der Waals surface area (Å²) in [5.74, 6) is 0. The third-order valence-corrected chi connectivity index (χ3v) is 0.882. The minimum atomic E-state index is 0.941. The first-order valence-corrected chi connectivity index (χ1v) is 3.28. The second-order valence-electron chi connectivity index (χ2n) is 1.57. The SMILES string of the molecule is CC.CN1C=CN=CC1. The summed E-state index contributed by atoms with van der Waals surface area (Å²) < 4.78 is 0. The summed E-state index contributed by atoms with van der Waals surface area (Å²) in [4.78, 5) is 5.94. The molecule has 0 aromatic carbocycles. The van der Waals surface area contributed by atoms with Crippen LogP contribution in [0.25, 0.3) is 0 Å². The Morgan fingerprint density at radius 2 is 2.11 bits per heavy atom. The van der Waals surface area contributed by atoms with Gasteiger partial charge in [0.05, 0.1) is 6.54 Å². The average Bonchev–Trinajstić information content (AvgIpc) is 1.94. The van der Waals surface area contributed by atoms with E-state index >= 15 is 0 Å². The number of hydrogen-bond acceptors (Lipinski definition) is 2. The molecule has 0 aliphatic carbocycles. The number of nitrogens with zero attached hydrogens (tertiary/aromatic N) is 2. The zero-order valence-corrected chi connectivity index (χ0v) is 6.33. The number of hydrogen-bond donors (Lipinski definition) is 0. The van der Waals surface area contributed by atoms with E-state index in [-0.39, 0.29) is 0 Å². The van der Waals surface area contributed by atoms with Crippen molar-refractivity contribution in [1.29, 1.82) is 0 Å². The Morgan fingerprint density at radius 1 is 1.44 bits per heavy atom. The topological polar surface area (TPSA) is 15.6 Å². The molecule has 0 saturated carbocycles. The molecule has 0 amide bonds. The van der Waals surface area contributed by atoms with Gasteiger partial charge in [-0.2, -0.15) is 0 Å². The highest BCUT2D eigenvalue weighted by Crippen LogP contribution is 1.87. The van der Waals surface area contributed by atoms with Crippen LogP contribution in [-0.4, -0.2) is 24.7 Å². The molecule has 0 radical (unpaired) electrons. The molecule has 1 heterocycles. The molecule has 0 atom stereocenters. The Labute approximate surface area is 56.9 Å². The van der Waals surface area contributed by atoms with Gasteiger partial charge in [0.1, 0.15) is 0 Å². The number of rotatable bonds is 0. The monoisotopic (exact) mass is 126 g/mol. The van der Waals surface area contributed by atoms with Crippen LogP contribution in [0, 0.1) is 0 Å². The fraction of sp³-hybridized carbons (Fsp3) is 0.571. The summed E-state index contributed by atoms with van der Waals surface area (Å²) in [6.07, 6.45) is 5.60. The highest BCUT2D eigenvalue weighted by atomic mass is 15.1. The zero-order valence-electron chi connectivity index (χ0n) is 6.33. The molecule has 0 aromatic rings. The molecule has 52 valence electrons. The van der Waals surface area contributed by atoms with E-state index in [9.17, 15) is 0 Å². The maximum Gasteiger partial charge on any atom is 0.0524 e. The largest absolute Gasteiger partial charge is 0.374 e. The van der Waals surface area contributed by atoms with E-state index in [1.54, 1.807) is 6.20 Å². The summed E-state index contributed by atoms with van der Waals surface area (Å²) >= 11 is 0. The first-order valence-electron chi connectivity index (χ1n) is 3.28. The maximum absolute atomic E-state index is 3.88. The third kappa shape index (κ3) is 3.76. The van der Waals surface area contributed by atoms with Crippen LogP contribution in [0.15, 0.2) is 17.4 Å². The molecule has 0 fully saturated rings. The molecule has 1 aliphatic heterocycles. The van der Waals surface area contributed by atoms with E-state index < -0.39 is 0 Å². The van der Waals surface area contributed by atoms with Crippen LogP contribution in [-0.2, 0) is 0 Å². The van der Waals surface area contributed by atoms with E-state index in [2.05, 4.69) is 9.89 Å². The van der Waals surface area contributed by atoms with Crippen LogP contribution >= 0.6 is 0 Å². The van der Waals surface area contributed by atoms with Crippen LogP contribution in [0.5, 0.6) is 0 Å². The molecule has 1 rings (SSSR count). The molecule has 0 spiro atoms. The van der Waals surface area contributed by atoms with E-state index in [1.165, 1.54) is 0 Å². The molecule has 9 heavy (non-hydrogen) atoms. The summed E-state index contributed by atoms with van der Waals surface area (Å²) in [5, 5.41) is 0. The van der Waals surface area contributed by atoms with Gasteiger partial charge >= 0.3 is 0 Å². The van der Waals surface area contributed by atoms with Gasteiger partial charge in [-0.15, -0.1) is 0 Å². The first kappa shape index (κ1) is 8.21. The summed E-state index contributed by atoms with van der Waals surface area (Å²) in [6, 6.07) is 0. The van der Waals surface area contributed by atoms with E-state index in [0.717, 1.165) is 6.54 Å². The van der Waals surface area contributed by atoms with Crippen molar-refractivity contribution in [3.63, 3.8) is 0 Å². The minimum absolute atomic E-state index is 0.941. The summed E-state index contributed by atoms with van der Waals surface area (Å²) in [7, 11) is 2.02. The van der Waals surface area contributed by atoms with Crippen LogP contribution < -0.4 is 0 Å². The average molecular weight is 126 g/mol. The fourth-order valence-corrected chi connectivity index (χ4v) is 0.450. The van der Waals surface area contributed by atoms with Gasteiger partial charge in [-0.3, -0.25) is 4.99 Å². The van der Waals surface area contributed by atoms with E-state index in [0.29, 0.717) is 0 Å². The molecule has 0 aromatic heterocycles. The van der Waals surface area contributed by atoms with Gasteiger partial charge in [0.15, 0.2) is 0 Å². The molecule has 1 aliphatic rings. The van der Waals surface area contributed by atoms with Crippen LogP contribution in [0.3, 0.4) is 0 Å². The van der Waals surface area contributed by atoms with Crippen molar-refractivity contribution in [2.45, 2.75) is 13.8 Å². The third-order valence-electron chi connectivity index (χ3n) is 0.882. The molecule has 0 saturated heterocycles. The molecule has 2 nitrogen and oxygen atoms in total. The van der Waals surface area contributed by atoms with Gasteiger partial charge in [0.25, 0.3) is 0 Å². The molecule has 0 N–H and O–H groups in total. The Kier molecular flexibility index (Phi) is 4.88. The minimum Gasteiger partial charge on any atom is -0.374 e. The lowest BCUT2D eigenvalue weighted by Gasteiger charge is -2.10. The van der Waals surface area contributed by atoms with Crippen LogP contribution in [0.2, 0.25) is 0 Å². The lowest BCUT2D eigenvalue weighted by atomic mass is 10.6. The van der Waals surface area contributed by atoms with Gasteiger partial charge in [0.2, 0.25) is 0 Å². The van der Waals surface area contributed by atoms with Crippen LogP contribution in [0.4, 0.5) is 0 Å². The van der Waals surface area contributed by atoms with Crippen molar-refractivity contribution in [2.75, 3.05) is 13.6 Å². The molecule has 0 unspecified atom stereocenters. The van der Waals surface area contributed by atoms with Gasteiger partial charge in [-0.25, -0.2) is 0 Å². The Balaban J connectivity index is 0.000000291. The number of aliphatic imine (C=N–C) groups is 1. The predicted octanol–water partition coefficient (Wildman–Crippen LogP) is 1.50. The second-order valence-corrected chi connectivity index (χ2v) is 1.57. The fourth-order valence-electron chi connectivity index (χ4n) is 0.450. The van der Waals surface area contributed by atoms with E-state index in [4.69, 9.17) is 0 Å². The maximum atomic E-state index is 3.88. The highest BCUT2D eigenvalue weighted by molar-refractivity contribution is 5.61. The summed E-state index contributed by atoms with van der Waals surface area (Å²) in [6.45, 7) is 4.94. The van der Waals surface area contributed by atoms with Gasteiger partial charge in [-0.05, 0) is 0 Å². The predicted molar refractivity (Wildman–Crippen MR) is 41.6 cm³/mol. The van der Waals surface area contributed by atoms with Gasteiger partial charge < -0.3 is 4.90 Å². The van der Waals surface area contributed by atoms with Gasteiger partial charge in [-0.1, -0.05) is 13.8 Å². The second kappa shape index (κ2) is 5.35.